The molecule has 0 aliphatic rings. The van der Waals surface area contributed by atoms with E-state index in [9.17, 15) is 0 Å². The van der Waals surface area contributed by atoms with Crippen LogP contribution in [0.5, 0.6) is 0 Å². The van der Waals surface area contributed by atoms with E-state index in [4.69, 9.17) is 4.42 Å². The van der Waals surface area contributed by atoms with Gasteiger partial charge in [0.2, 0.25) is 0 Å². The molecule has 1 heterocycles. The Morgan fingerprint density at radius 3 is 2.48 bits per heavy atom. The molecule has 3 aromatic carbocycles. The number of halogens is 1. The highest BCUT2D eigenvalue weighted by Crippen LogP contribution is 2.32. The maximum absolute atomic E-state index is 6.01. The van der Waals surface area contributed by atoms with E-state index in [0.29, 0.717) is 0 Å². The number of hydrogen-bond acceptors (Lipinski definition) is 1. The van der Waals surface area contributed by atoms with E-state index in [0.717, 1.165) is 17.6 Å². The fourth-order valence-electron chi connectivity index (χ4n) is 2.77. The summed E-state index contributed by atoms with van der Waals surface area (Å²) in [5.74, 6) is 0. The van der Waals surface area contributed by atoms with Gasteiger partial charge < -0.3 is 4.42 Å². The number of fused-ring (bicyclic) bond motifs is 3. The zero-order chi connectivity index (χ0) is 14.2. The van der Waals surface area contributed by atoms with E-state index in [1.54, 1.807) is 0 Å². The molecule has 0 atom stereocenters. The molecule has 4 aromatic rings. The Kier molecular flexibility index (Phi) is 3.19. The van der Waals surface area contributed by atoms with Crippen molar-refractivity contribution < 1.29 is 4.42 Å². The van der Waals surface area contributed by atoms with Gasteiger partial charge in [0, 0.05) is 14.3 Å². The molecule has 0 radical (unpaired) electrons. The molecule has 0 amide bonds. The van der Waals surface area contributed by atoms with E-state index in [1.807, 2.05) is 18.2 Å². The van der Waals surface area contributed by atoms with E-state index in [2.05, 4.69) is 71.1 Å². The SMILES string of the molecule is Ic1cccc2oc3cc(Cc4ccccc4)ccc3c12. The number of furan rings is 1. The summed E-state index contributed by atoms with van der Waals surface area (Å²) < 4.78 is 7.24. The Morgan fingerprint density at radius 1 is 0.762 bits per heavy atom. The minimum absolute atomic E-state index is 0.935. The highest BCUT2D eigenvalue weighted by molar-refractivity contribution is 14.1. The Labute approximate surface area is 136 Å². The van der Waals surface area contributed by atoms with Crippen molar-refractivity contribution in [3.05, 3.63) is 81.4 Å². The highest BCUT2D eigenvalue weighted by Gasteiger charge is 2.10. The molecule has 0 unspecified atom stereocenters. The summed E-state index contributed by atoms with van der Waals surface area (Å²) in [6, 6.07) is 23.3. The van der Waals surface area contributed by atoms with Crippen molar-refractivity contribution in [1.82, 2.24) is 0 Å². The van der Waals surface area contributed by atoms with Crippen LogP contribution in [-0.4, -0.2) is 0 Å². The second-order valence-corrected chi connectivity index (χ2v) is 6.37. The quantitative estimate of drug-likeness (QED) is 0.399. The fraction of sp³-hybridized carbons (Fsp3) is 0.0526. The smallest absolute Gasteiger partial charge is 0.136 e. The summed E-state index contributed by atoms with van der Waals surface area (Å²) in [5, 5.41) is 2.42. The van der Waals surface area contributed by atoms with Crippen LogP contribution in [0.2, 0.25) is 0 Å². The molecule has 0 bridgehead atoms. The molecule has 1 aromatic heterocycles. The van der Waals surface area contributed by atoms with Gasteiger partial charge in [-0.1, -0.05) is 48.5 Å². The van der Waals surface area contributed by atoms with Crippen molar-refractivity contribution in [3.63, 3.8) is 0 Å². The third kappa shape index (κ3) is 2.33. The zero-order valence-electron chi connectivity index (χ0n) is 11.3. The average Bonchev–Trinajstić information content (AvgIpc) is 2.87. The summed E-state index contributed by atoms with van der Waals surface area (Å²) in [7, 11) is 0. The largest absolute Gasteiger partial charge is 0.456 e. The summed E-state index contributed by atoms with van der Waals surface area (Å²) in [4.78, 5) is 0. The minimum Gasteiger partial charge on any atom is -0.456 e. The van der Waals surface area contributed by atoms with E-state index < -0.39 is 0 Å². The van der Waals surface area contributed by atoms with E-state index >= 15 is 0 Å². The lowest BCUT2D eigenvalue weighted by atomic mass is 10.0. The molecule has 0 spiro atoms. The van der Waals surface area contributed by atoms with Crippen LogP contribution in [0.3, 0.4) is 0 Å². The van der Waals surface area contributed by atoms with Gasteiger partial charge in [0.25, 0.3) is 0 Å². The third-order valence-corrected chi connectivity index (χ3v) is 4.66. The van der Waals surface area contributed by atoms with Crippen LogP contribution in [-0.2, 0) is 6.42 Å². The van der Waals surface area contributed by atoms with Gasteiger partial charge in [-0.25, -0.2) is 0 Å². The predicted octanol–water partition coefficient (Wildman–Crippen LogP) is 5.78. The average molecular weight is 384 g/mol. The van der Waals surface area contributed by atoms with Crippen LogP contribution in [0.4, 0.5) is 0 Å². The first-order chi connectivity index (χ1) is 10.3. The molecule has 4 rings (SSSR count). The third-order valence-electron chi connectivity index (χ3n) is 3.76. The van der Waals surface area contributed by atoms with Crippen LogP contribution < -0.4 is 0 Å². The van der Waals surface area contributed by atoms with Crippen LogP contribution >= 0.6 is 22.6 Å². The molecular formula is C19H13IO. The second kappa shape index (κ2) is 5.19. The monoisotopic (exact) mass is 384 g/mol. The molecule has 0 saturated heterocycles. The maximum atomic E-state index is 6.01. The molecule has 0 aliphatic heterocycles. The van der Waals surface area contributed by atoms with Gasteiger partial charge in [-0.15, -0.1) is 0 Å². The molecule has 2 heteroatoms. The topological polar surface area (TPSA) is 13.1 Å². The van der Waals surface area contributed by atoms with Crippen LogP contribution in [0, 0.1) is 3.57 Å². The van der Waals surface area contributed by atoms with Gasteiger partial charge in [0.1, 0.15) is 11.2 Å². The Hall–Kier alpha value is -1.81. The van der Waals surface area contributed by atoms with Crippen molar-refractivity contribution >= 4 is 44.5 Å². The predicted molar refractivity (Wildman–Crippen MR) is 95.7 cm³/mol. The highest BCUT2D eigenvalue weighted by atomic mass is 127. The second-order valence-electron chi connectivity index (χ2n) is 5.21. The molecule has 0 saturated carbocycles. The first kappa shape index (κ1) is 12.9. The molecule has 1 nitrogen and oxygen atoms in total. The fourth-order valence-corrected chi connectivity index (χ4v) is 3.53. The van der Waals surface area contributed by atoms with Crippen LogP contribution in [0.15, 0.2) is 71.1 Å². The summed E-state index contributed by atoms with van der Waals surface area (Å²) >= 11 is 2.37. The van der Waals surface area contributed by atoms with Gasteiger partial charge >= 0.3 is 0 Å². The van der Waals surface area contributed by atoms with Gasteiger partial charge in [-0.3, -0.25) is 0 Å². The molecular weight excluding hydrogens is 371 g/mol. The van der Waals surface area contributed by atoms with Crippen molar-refractivity contribution in [2.24, 2.45) is 0 Å². The Balaban J connectivity index is 1.83. The van der Waals surface area contributed by atoms with Crippen molar-refractivity contribution in [1.29, 1.82) is 0 Å². The van der Waals surface area contributed by atoms with Gasteiger partial charge in [0.15, 0.2) is 0 Å². The molecule has 0 aliphatic carbocycles. The molecule has 0 fully saturated rings. The van der Waals surface area contributed by atoms with Crippen LogP contribution in [0.1, 0.15) is 11.1 Å². The standard InChI is InChI=1S/C19H13IO/c20-16-7-4-8-17-19(16)15-10-9-14(12-18(15)21-17)11-13-5-2-1-3-6-13/h1-10,12H,11H2. The van der Waals surface area contributed by atoms with E-state index in [-0.39, 0.29) is 0 Å². The number of hydrogen-bond donors (Lipinski definition) is 0. The first-order valence-electron chi connectivity index (χ1n) is 6.95. The van der Waals surface area contributed by atoms with Gasteiger partial charge in [-0.05, 0) is 58.3 Å². The summed E-state index contributed by atoms with van der Waals surface area (Å²) in [5.41, 5.74) is 4.54. The lowest BCUT2D eigenvalue weighted by Gasteiger charge is -2.01. The van der Waals surface area contributed by atoms with Gasteiger partial charge in [-0.2, -0.15) is 0 Å². The lowest BCUT2D eigenvalue weighted by molar-refractivity contribution is 0.668. The normalized spacial score (nSPS) is 11.3. The first-order valence-corrected chi connectivity index (χ1v) is 8.03. The Bertz CT molecular complexity index is 922. The zero-order valence-corrected chi connectivity index (χ0v) is 13.5. The maximum Gasteiger partial charge on any atom is 0.136 e. The molecule has 102 valence electrons. The van der Waals surface area contributed by atoms with Crippen molar-refractivity contribution in [2.45, 2.75) is 6.42 Å². The number of benzene rings is 3. The van der Waals surface area contributed by atoms with E-state index in [1.165, 1.54) is 25.5 Å². The lowest BCUT2D eigenvalue weighted by Crippen LogP contribution is -1.86. The summed E-state index contributed by atoms with van der Waals surface area (Å²) in [6.45, 7) is 0. The van der Waals surface area contributed by atoms with Crippen molar-refractivity contribution in [3.8, 4) is 0 Å². The van der Waals surface area contributed by atoms with Gasteiger partial charge in [0.05, 0.1) is 0 Å². The van der Waals surface area contributed by atoms with Crippen molar-refractivity contribution in [2.75, 3.05) is 0 Å². The summed E-state index contributed by atoms with van der Waals surface area (Å²) in [6.07, 6.45) is 0.935. The number of rotatable bonds is 2. The molecule has 21 heavy (non-hydrogen) atoms. The van der Waals surface area contributed by atoms with Crippen LogP contribution in [0.25, 0.3) is 21.9 Å². The molecule has 0 N–H and O–H groups in total. The minimum atomic E-state index is 0.935. The Morgan fingerprint density at radius 2 is 1.62 bits per heavy atom.